The van der Waals surface area contributed by atoms with Crippen molar-refractivity contribution in [3.8, 4) is 0 Å². The van der Waals surface area contributed by atoms with Crippen LogP contribution in [0.4, 0.5) is 5.82 Å². The molecule has 0 bridgehead atoms. The van der Waals surface area contributed by atoms with Crippen LogP contribution in [0.5, 0.6) is 0 Å². The van der Waals surface area contributed by atoms with Gasteiger partial charge in [0.1, 0.15) is 33.5 Å². The van der Waals surface area contributed by atoms with Crippen LogP contribution in [0.15, 0.2) is 6.33 Å². The Morgan fingerprint density at radius 3 is 2.62 bits per heavy atom. The quantitative estimate of drug-likeness (QED) is 0.765. The molecule has 0 unspecified atom stereocenters. The highest BCUT2D eigenvalue weighted by Crippen LogP contribution is 2.35. The van der Waals surface area contributed by atoms with Crippen LogP contribution in [-0.2, 0) is 9.53 Å². The van der Waals surface area contributed by atoms with Crippen LogP contribution in [0.2, 0.25) is 0 Å². The van der Waals surface area contributed by atoms with Crippen molar-refractivity contribution in [3.63, 3.8) is 0 Å². The van der Waals surface area contributed by atoms with Gasteiger partial charge in [-0.3, -0.25) is 0 Å². The first-order chi connectivity index (χ1) is 12.3. The van der Waals surface area contributed by atoms with Crippen LogP contribution in [0.1, 0.15) is 61.2 Å². The summed E-state index contributed by atoms with van der Waals surface area (Å²) in [7, 11) is 0. The highest BCUT2D eigenvalue weighted by molar-refractivity contribution is 7.20. The highest BCUT2D eigenvalue weighted by Gasteiger charge is 2.30. The molecule has 2 aromatic heterocycles. The molecular formula is C18H23N3O4S. The second kappa shape index (κ2) is 7.19. The van der Waals surface area contributed by atoms with Crippen LogP contribution in [0.25, 0.3) is 10.2 Å². The highest BCUT2D eigenvalue weighted by atomic mass is 32.1. The molecule has 1 aliphatic carbocycles. The number of thiophene rings is 1. The van der Waals surface area contributed by atoms with Gasteiger partial charge in [0.05, 0.1) is 5.39 Å². The summed E-state index contributed by atoms with van der Waals surface area (Å²) in [5.41, 5.74) is -0.478. The van der Waals surface area contributed by atoms with E-state index in [9.17, 15) is 14.7 Å². The fourth-order valence-electron chi connectivity index (χ4n) is 3.10. The van der Waals surface area contributed by atoms with Gasteiger partial charge in [-0.1, -0.05) is 6.42 Å². The molecule has 2 aromatic rings. The molecular weight excluding hydrogens is 354 g/mol. The fraction of sp³-hybridized carbons (Fsp3) is 0.556. The molecule has 2 N–H and O–H groups in total. The Bertz CT molecular complexity index is 840. The van der Waals surface area contributed by atoms with Gasteiger partial charge in [-0.15, -0.1) is 11.3 Å². The second-order valence-corrected chi connectivity index (χ2v) is 8.18. The Morgan fingerprint density at radius 2 is 1.96 bits per heavy atom. The van der Waals surface area contributed by atoms with Gasteiger partial charge in [-0.2, -0.15) is 0 Å². The smallest absolute Gasteiger partial charge is 0.348 e. The number of ether oxygens (including phenoxy) is 1. The number of nitrogens with zero attached hydrogens (tertiary/aromatic N) is 2. The largest absolute Gasteiger partial charge is 0.480 e. The first-order valence-corrected chi connectivity index (χ1v) is 9.58. The molecule has 8 heteroatoms. The summed E-state index contributed by atoms with van der Waals surface area (Å²) in [5.74, 6) is -0.914. The van der Waals surface area contributed by atoms with Gasteiger partial charge in [0.15, 0.2) is 0 Å². The monoisotopic (exact) mass is 377 g/mol. The van der Waals surface area contributed by atoms with Gasteiger partial charge in [0, 0.05) is 0 Å². The molecule has 1 aliphatic rings. The lowest BCUT2D eigenvalue weighted by molar-refractivity contribution is -0.141. The number of hydrogen-bond acceptors (Lipinski definition) is 7. The van der Waals surface area contributed by atoms with Crippen LogP contribution in [0.3, 0.4) is 0 Å². The first kappa shape index (κ1) is 18.6. The van der Waals surface area contributed by atoms with Crippen molar-refractivity contribution >= 4 is 39.3 Å². The van der Waals surface area contributed by atoms with E-state index in [0.29, 0.717) is 20.9 Å². The number of rotatable bonds is 5. The Morgan fingerprint density at radius 1 is 1.27 bits per heavy atom. The van der Waals surface area contributed by atoms with Gasteiger partial charge >= 0.3 is 11.9 Å². The zero-order chi connectivity index (χ0) is 18.9. The predicted molar refractivity (Wildman–Crippen MR) is 99.8 cm³/mol. The standard InChI is InChI=1S/C18H23N3O4S/c1-10-12-14(21-18(2,3)17(23)24)19-9-20-15(12)26-13(10)16(22)25-11-7-5-4-6-8-11/h9,11H,4-8H2,1-3H3,(H,23,24)(H,19,20,21). The Kier molecular flexibility index (Phi) is 5.13. The van der Waals surface area contributed by atoms with Crippen molar-refractivity contribution in [1.29, 1.82) is 0 Å². The molecule has 0 aliphatic heterocycles. The number of carboxylic acid groups (broad SMARTS) is 1. The third kappa shape index (κ3) is 3.65. The number of carbonyl (C=O) groups excluding carboxylic acids is 1. The zero-order valence-corrected chi connectivity index (χ0v) is 16.0. The Balaban J connectivity index is 1.91. The van der Waals surface area contributed by atoms with E-state index in [4.69, 9.17) is 4.74 Å². The number of aliphatic carboxylic acids is 1. The molecule has 1 saturated carbocycles. The van der Waals surface area contributed by atoms with E-state index >= 15 is 0 Å². The van der Waals surface area contributed by atoms with Crippen molar-refractivity contribution in [2.24, 2.45) is 0 Å². The number of esters is 1. The topological polar surface area (TPSA) is 101 Å². The molecule has 1 fully saturated rings. The summed E-state index contributed by atoms with van der Waals surface area (Å²) in [6, 6.07) is 0. The Hall–Kier alpha value is -2.22. The van der Waals surface area contributed by atoms with Crippen molar-refractivity contribution < 1.29 is 19.4 Å². The molecule has 7 nitrogen and oxygen atoms in total. The van der Waals surface area contributed by atoms with E-state index in [2.05, 4.69) is 15.3 Å². The Labute approximate surface area is 155 Å². The minimum Gasteiger partial charge on any atom is -0.480 e. The number of nitrogens with one attached hydrogen (secondary N) is 1. The third-order valence-electron chi connectivity index (χ3n) is 4.70. The van der Waals surface area contributed by atoms with Gasteiger partial charge in [0.2, 0.25) is 0 Å². The summed E-state index contributed by atoms with van der Waals surface area (Å²) in [6.45, 7) is 4.94. The van der Waals surface area contributed by atoms with Gasteiger partial charge < -0.3 is 15.2 Å². The van der Waals surface area contributed by atoms with Crippen LogP contribution < -0.4 is 5.32 Å². The summed E-state index contributed by atoms with van der Waals surface area (Å²) in [5, 5.41) is 13.0. The van der Waals surface area contributed by atoms with E-state index in [1.165, 1.54) is 24.1 Å². The van der Waals surface area contributed by atoms with Crippen molar-refractivity contribution in [3.05, 3.63) is 16.8 Å². The van der Waals surface area contributed by atoms with E-state index in [-0.39, 0.29) is 12.1 Å². The van der Waals surface area contributed by atoms with E-state index in [1.807, 2.05) is 6.92 Å². The van der Waals surface area contributed by atoms with Crippen LogP contribution in [-0.4, -0.2) is 38.7 Å². The average molecular weight is 377 g/mol. The molecule has 0 spiro atoms. The van der Waals surface area contributed by atoms with Crippen molar-refractivity contribution in [2.45, 2.75) is 64.5 Å². The number of fused-ring (bicyclic) bond motifs is 1. The number of carboxylic acids is 1. The maximum Gasteiger partial charge on any atom is 0.348 e. The van der Waals surface area contributed by atoms with E-state index in [1.54, 1.807) is 13.8 Å². The summed E-state index contributed by atoms with van der Waals surface area (Å²) in [6.07, 6.45) is 6.55. The number of carbonyl (C=O) groups is 2. The minimum absolute atomic E-state index is 0.0181. The molecule has 0 aromatic carbocycles. The average Bonchev–Trinajstić information content (AvgIpc) is 2.93. The van der Waals surface area contributed by atoms with Gasteiger partial charge in [-0.05, 0) is 52.0 Å². The number of anilines is 1. The van der Waals surface area contributed by atoms with Crippen LogP contribution >= 0.6 is 11.3 Å². The molecule has 2 heterocycles. The lowest BCUT2D eigenvalue weighted by Gasteiger charge is -2.22. The summed E-state index contributed by atoms with van der Waals surface area (Å²) < 4.78 is 5.68. The molecule has 0 radical (unpaired) electrons. The SMILES string of the molecule is Cc1c(C(=O)OC2CCCCC2)sc2ncnc(NC(C)(C)C(=O)O)c12. The molecule has 0 amide bonds. The number of aromatic nitrogens is 2. The molecule has 3 rings (SSSR count). The molecule has 0 saturated heterocycles. The fourth-order valence-corrected chi connectivity index (χ4v) is 4.13. The first-order valence-electron chi connectivity index (χ1n) is 8.76. The van der Waals surface area contributed by atoms with E-state index in [0.717, 1.165) is 31.2 Å². The normalized spacial score (nSPS) is 15.8. The third-order valence-corrected chi connectivity index (χ3v) is 5.88. The maximum atomic E-state index is 12.6. The second-order valence-electron chi connectivity index (χ2n) is 7.18. The maximum absolute atomic E-state index is 12.6. The van der Waals surface area contributed by atoms with Gasteiger partial charge in [-0.25, -0.2) is 19.6 Å². The van der Waals surface area contributed by atoms with Crippen molar-refractivity contribution in [1.82, 2.24) is 9.97 Å². The lowest BCUT2D eigenvalue weighted by atomic mass is 9.98. The molecule has 0 atom stereocenters. The zero-order valence-electron chi connectivity index (χ0n) is 15.2. The van der Waals surface area contributed by atoms with Crippen LogP contribution in [0, 0.1) is 6.92 Å². The predicted octanol–water partition coefficient (Wildman–Crippen LogP) is 3.76. The molecule has 26 heavy (non-hydrogen) atoms. The van der Waals surface area contributed by atoms with Gasteiger partial charge in [0.25, 0.3) is 0 Å². The summed E-state index contributed by atoms with van der Waals surface area (Å²) >= 11 is 1.26. The minimum atomic E-state index is -1.20. The lowest BCUT2D eigenvalue weighted by Crippen LogP contribution is -2.40. The number of aryl methyl sites for hydroxylation is 1. The number of hydrogen-bond donors (Lipinski definition) is 2. The van der Waals surface area contributed by atoms with Crippen molar-refractivity contribution in [2.75, 3.05) is 5.32 Å². The molecule has 140 valence electrons. The van der Waals surface area contributed by atoms with E-state index < -0.39 is 11.5 Å². The summed E-state index contributed by atoms with van der Waals surface area (Å²) in [4.78, 5) is 33.6.